The second-order valence-corrected chi connectivity index (χ2v) is 5.68. The molecule has 7 nitrogen and oxygen atoms in total. The Kier molecular flexibility index (Phi) is 5.41. The van der Waals surface area contributed by atoms with Crippen LogP contribution in [0.25, 0.3) is 0 Å². The lowest BCUT2D eigenvalue weighted by Crippen LogP contribution is -2.50. The quantitative estimate of drug-likeness (QED) is 0.776. The molecule has 126 valence electrons. The summed E-state index contributed by atoms with van der Waals surface area (Å²) in [6.45, 7) is 6.35. The number of pyridine rings is 1. The fourth-order valence-corrected chi connectivity index (χ4v) is 2.54. The van der Waals surface area contributed by atoms with Gasteiger partial charge in [0.25, 0.3) is 0 Å². The molecule has 0 spiro atoms. The van der Waals surface area contributed by atoms with Crippen LogP contribution in [0, 0.1) is 5.92 Å². The van der Waals surface area contributed by atoms with Gasteiger partial charge < -0.3 is 19.3 Å². The summed E-state index contributed by atoms with van der Waals surface area (Å²) >= 11 is 0. The number of ether oxygens (including phenoxy) is 2. The highest BCUT2D eigenvalue weighted by atomic mass is 16.5. The summed E-state index contributed by atoms with van der Waals surface area (Å²) in [5.41, 5.74) is 0.240. The van der Waals surface area contributed by atoms with E-state index >= 15 is 0 Å². The van der Waals surface area contributed by atoms with Crippen LogP contribution < -0.4 is 9.64 Å². The number of aromatic nitrogens is 1. The van der Waals surface area contributed by atoms with Gasteiger partial charge in [0.15, 0.2) is 17.3 Å². The molecule has 0 N–H and O–H groups in total. The number of methoxy groups -OCH3 is 2. The predicted octanol–water partition coefficient (Wildman–Crippen LogP) is 1.18. The number of amides is 1. The highest BCUT2D eigenvalue weighted by Gasteiger charge is 2.25. The van der Waals surface area contributed by atoms with E-state index < -0.39 is 5.97 Å². The average Bonchev–Trinajstić information content (AvgIpc) is 2.59. The molecule has 0 bridgehead atoms. The lowest BCUT2D eigenvalue weighted by atomic mass is 10.1. The first-order chi connectivity index (χ1) is 11.0. The minimum Gasteiger partial charge on any atom is -0.493 e. The van der Waals surface area contributed by atoms with Crippen LogP contribution in [-0.4, -0.2) is 62.2 Å². The van der Waals surface area contributed by atoms with E-state index in [4.69, 9.17) is 9.47 Å². The molecule has 1 amide bonds. The minimum absolute atomic E-state index is 0.00290. The Bertz CT molecular complexity index is 581. The van der Waals surface area contributed by atoms with E-state index in [1.165, 1.54) is 7.11 Å². The zero-order valence-electron chi connectivity index (χ0n) is 14.0. The van der Waals surface area contributed by atoms with Crippen LogP contribution in [0.4, 0.5) is 5.82 Å². The molecule has 2 rings (SSSR count). The molecule has 7 heteroatoms. The number of nitrogens with zero attached hydrogens (tertiary/aromatic N) is 3. The van der Waals surface area contributed by atoms with Gasteiger partial charge in [0.2, 0.25) is 5.91 Å². The monoisotopic (exact) mass is 321 g/mol. The number of carbonyl (C=O) groups excluding carboxylic acids is 2. The number of piperazine rings is 1. The number of carbonyl (C=O) groups is 2. The molecule has 2 heterocycles. The normalized spacial score (nSPS) is 14.8. The molecule has 1 aromatic heterocycles. The molecule has 23 heavy (non-hydrogen) atoms. The zero-order chi connectivity index (χ0) is 17.0. The number of hydrogen-bond donors (Lipinski definition) is 0. The molecule has 1 aliphatic heterocycles. The van der Waals surface area contributed by atoms with Gasteiger partial charge in [-0.15, -0.1) is 0 Å². The van der Waals surface area contributed by atoms with Gasteiger partial charge in [-0.05, 0) is 12.1 Å². The van der Waals surface area contributed by atoms with E-state index in [2.05, 4.69) is 4.98 Å². The summed E-state index contributed by atoms with van der Waals surface area (Å²) in [7, 11) is 2.89. The van der Waals surface area contributed by atoms with Crippen LogP contribution in [0.1, 0.15) is 24.3 Å². The Hall–Kier alpha value is -2.31. The third kappa shape index (κ3) is 3.72. The first kappa shape index (κ1) is 17.1. The van der Waals surface area contributed by atoms with Gasteiger partial charge in [-0.1, -0.05) is 13.8 Å². The van der Waals surface area contributed by atoms with Gasteiger partial charge in [-0.2, -0.15) is 0 Å². The van der Waals surface area contributed by atoms with Gasteiger partial charge in [-0.3, -0.25) is 4.79 Å². The molecule has 1 aromatic rings. The van der Waals surface area contributed by atoms with E-state index in [9.17, 15) is 9.59 Å². The number of hydrogen-bond acceptors (Lipinski definition) is 6. The number of anilines is 1. The van der Waals surface area contributed by atoms with Gasteiger partial charge in [-0.25, -0.2) is 9.78 Å². The summed E-state index contributed by atoms with van der Waals surface area (Å²) in [5.74, 6) is 0.876. The lowest BCUT2D eigenvalue weighted by molar-refractivity contribution is -0.134. The molecule has 1 aliphatic rings. The van der Waals surface area contributed by atoms with Crippen molar-refractivity contribution in [3.05, 3.63) is 17.8 Å². The van der Waals surface area contributed by atoms with Gasteiger partial charge in [0.1, 0.15) is 0 Å². The van der Waals surface area contributed by atoms with Crippen molar-refractivity contribution < 1.29 is 19.1 Å². The maximum absolute atomic E-state index is 12.1. The van der Waals surface area contributed by atoms with E-state index in [1.54, 1.807) is 19.2 Å². The smallest absolute Gasteiger partial charge is 0.356 e. The molecule has 1 saturated heterocycles. The Morgan fingerprint density at radius 3 is 2.30 bits per heavy atom. The van der Waals surface area contributed by atoms with Gasteiger partial charge >= 0.3 is 5.97 Å². The van der Waals surface area contributed by atoms with Crippen molar-refractivity contribution in [1.29, 1.82) is 0 Å². The highest BCUT2D eigenvalue weighted by Crippen LogP contribution is 2.27. The Labute approximate surface area is 136 Å². The zero-order valence-corrected chi connectivity index (χ0v) is 14.0. The van der Waals surface area contributed by atoms with Gasteiger partial charge in [0, 0.05) is 32.1 Å². The first-order valence-corrected chi connectivity index (χ1v) is 7.65. The summed E-state index contributed by atoms with van der Waals surface area (Å²) in [5, 5.41) is 0. The maximum Gasteiger partial charge on any atom is 0.356 e. The summed E-state index contributed by atoms with van der Waals surface area (Å²) < 4.78 is 10.1. The van der Waals surface area contributed by atoms with Crippen molar-refractivity contribution in [2.75, 3.05) is 45.3 Å². The Balaban J connectivity index is 2.16. The summed E-state index contributed by atoms with van der Waals surface area (Å²) in [4.78, 5) is 32.0. The predicted molar refractivity (Wildman–Crippen MR) is 85.8 cm³/mol. The van der Waals surface area contributed by atoms with Crippen LogP contribution in [0.2, 0.25) is 0 Å². The number of rotatable bonds is 4. The Morgan fingerprint density at radius 2 is 1.78 bits per heavy atom. The topological polar surface area (TPSA) is 72.0 Å². The Morgan fingerprint density at radius 1 is 1.13 bits per heavy atom. The van der Waals surface area contributed by atoms with Crippen LogP contribution in [0.5, 0.6) is 5.75 Å². The largest absolute Gasteiger partial charge is 0.493 e. The van der Waals surface area contributed by atoms with E-state index in [0.29, 0.717) is 37.7 Å². The molecular weight excluding hydrogens is 298 g/mol. The van der Waals surface area contributed by atoms with Crippen molar-refractivity contribution in [1.82, 2.24) is 9.88 Å². The van der Waals surface area contributed by atoms with Crippen molar-refractivity contribution >= 4 is 17.7 Å². The third-order valence-electron chi connectivity index (χ3n) is 3.84. The van der Waals surface area contributed by atoms with Crippen molar-refractivity contribution in [2.45, 2.75) is 13.8 Å². The maximum atomic E-state index is 12.1. The highest BCUT2D eigenvalue weighted by molar-refractivity contribution is 5.88. The molecule has 0 saturated carbocycles. The third-order valence-corrected chi connectivity index (χ3v) is 3.84. The fourth-order valence-electron chi connectivity index (χ4n) is 2.54. The SMILES string of the molecule is COC(=O)c1ccc(OC)c(N2CCN(C(=O)C(C)C)CC2)n1. The van der Waals surface area contributed by atoms with Crippen molar-refractivity contribution in [3.63, 3.8) is 0 Å². The average molecular weight is 321 g/mol. The second kappa shape index (κ2) is 7.30. The first-order valence-electron chi connectivity index (χ1n) is 7.65. The van der Waals surface area contributed by atoms with E-state index in [0.717, 1.165) is 0 Å². The molecule has 0 atom stereocenters. The van der Waals surface area contributed by atoms with E-state index in [-0.39, 0.29) is 17.5 Å². The second-order valence-electron chi connectivity index (χ2n) is 5.68. The standard InChI is InChI=1S/C16H23N3O4/c1-11(2)15(20)19-9-7-18(8-10-19)14-13(22-3)6-5-12(17-14)16(21)23-4/h5-6,11H,7-10H2,1-4H3. The molecule has 0 radical (unpaired) electrons. The molecule has 1 fully saturated rings. The van der Waals surface area contributed by atoms with Crippen molar-refractivity contribution in [2.24, 2.45) is 5.92 Å². The summed E-state index contributed by atoms with van der Waals surface area (Å²) in [6, 6.07) is 3.28. The molecule has 0 unspecified atom stereocenters. The fraction of sp³-hybridized carbons (Fsp3) is 0.562. The van der Waals surface area contributed by atoms with Crippen LogP contribution >= 0.6 is 0 Å². The van der Waals surface area contributed by atoms with Crippen LogP contribution in [0.3, 0.4) is 0 Å². The molecule has 0 aliphatic carbocycles. The van der Waals surface area contributed by atoms with Crippen LogP contribution in [0.15, 0.2) is 12.1 Å². The van der Waals surface area contributed by atoms with Gasteiger partial charge in [0.05, 0.1) is 14.2 Å². The van der Waals surface area contributed by atoms with Crippen molar-refractivity contribution in [3.8, 4) is 5.75 Å². The molecule has 0 aromatic carbocycles. The van der Waals surface area contributed by atoms with E-state index in [1.807, 2.05) is 23.6 Å². The minimum atomic E-state index is -0.484. The lowest BCUT2D eigenvalue weighted by Gasteiger charge is -2.36. The van der Waals surface area contributed by atoms with Crippen LogP contribution in [-0.2, 0) is 9.53 Å². The molecular formula is C16H23N3O4. The number of esters is 1. The summed E-state index contributed by atoms with van der Waals surface area (Å²) in [6.07, 6.45) is 0.